The van der Waals surface area contributed by atoms with E-state index in [0.717, 1.165) is 17.9 Å². The summed E-state index contributed by atoms with van der Waals surface area (Å²) in [6.45, 7) is 8.10. The molecule has 0 aromatic heterocycles. The highest BCUT2D eigenvalue weighted by Gasteiger charge is 2.01. The fourth-order valence-corrected chi connectivity index (χ4v) is 1.55. The summed E-state index contributed by atoms with van der Waals surface area (Å²) in [5.74, 6) is 0.883. The Labute approximate surface area is 92.0 Å². The van der Waals surface area contributed by atoms with Gasteiger partial charge in [-0.05, 0) is 44.5 Å². The summed E-state index contributed by atoms with van der Waals surface area (Å²) in [4.78, 5) is 0. The van der Waals surface area contributed by atoms with Crippen LogP contribution in [0.15, 0.2) is 36.4 Å². The highest BCUT2D eigenvalue weighted by atomic mass is 16.5. The van der Waals surface area contributed by atoms with Gasteiger partial charge in [0.1, 0.15) is 5.75 Å². The highest BCUT2D eigenvalue weighted by Crippen LogP contribution is 2.16. The van der Waals surface area contributed by atoms with Crippen molar-refractivity contribution in [2.24, 2.45) is 0 Å². The van der Waals surface area contributed by atoms with Crippen LogP contribution in [0.2, 0.25) is 0 Å². The minimum atomic E-state index is 0.413. The van der Waals surface area contributed by atoms with E-state index in [1.165, 1.54) is 5.57 Å². The van der Waals surface area contributed by atoms with Gasteiger partial charge in [-0.3, -0.25) is 0 Å². The van der Waals surface area contributed by atoms with Gasteiger partial charge in [0.2, 0.25) is 0 Å². The first-order valence-corrected chi connectivity index (χ1v) is 5.17. The predicted octanol–water partition coefficient (Wildman–Crippen LogP) is 3.46. The maximum Gasteiger partial charge on any atom is 0.119 e. The fourth-order valence-electron chi connectivity index (χ4n) is 1.55. The summed E-state index contributed by atoms with van der Waals surface area (Å²) >= 11 is 0. The van der Waals surface area contributed by atoms with Crippen LogP contribution < -0.4 is 10.1 Å². The number of benzene rings is 1. The summed E-state index contributed by atoms with van der Waals surface area (Å²) < 4.78 is 5.10. The molecule has 1 aromatic carbocycles. The van der Waals surface area contributed by atoms with Crippen molar-refractivity contribution >= 4 is 5.69 Å². The first-order chi connectivity index (χ1) is 7.11. The number of hydrogen-bond donors (Lipinski definition) is 1. The van der Waals surface area contributed by atoms with Crippen molar-refractivity contribution in [3.05, 3.63) is 36.4 Å². The van der Waals surface area contributed by atoms with Gasteiger partial charge in [0.05, 0.1) is 7.11 Å². The Hall–Kier alpha value is -1.44. The Kier molecular flexibility index (Phi) is 4.22. The van der Waals surface area contributed by atoms with Gasteiger partial charge in [-0.15, -0.1) is 6.58 Å². The van der Waals surface area contributed by atoms with Crippen LogP contribution in [0.4, 0.5) is 5.69 Å². The quantitative estimate of drug-likeness (QED) is 0.743. The molecule has 0 saturated carbocycles. The van der Waals surface area contributed by atoms with E-state index in [1.807, 2.05) is 31.2 Å². The molecule has 0 amide bonds. The molecule has 0 saturated heterocycles. The molecule has 2 heteroatoms. The molecule has 1 aromatic rings. The molecule has 1 rings (SSSR count). The molecule has 1 N–H and O–H groups in total. The number of methoxy groups -OCH3 is 1. The molecule has 1 atom stereocenters. The lowest BCUT2D eigenvalue weighted by Gasteiger charge is -2.15. The summed E-state index contributed by atoms with van der Waals surface area (Å²) in [7, 11) is 1.67. The molecular weight excluding hydrogens is 186 g/mol. The van der Waals surface area contributed by atoms with Gasteiger partial charge in [0.15, 0.2) is 0 Å². The van der Waals surface area contributed by atoms with Crippen molar-refractivity contribution in [3.8, 4) is 5.75 Å². The highest BCUT2D eigenvalue weighted by molar-refractivity contribution is 5.47. The van der Waals surface area contributed by atoms with Crippen LogP contribution in [0.5, 0.6) is 5.75 Å². The molecule has 0 bridgehead atoms. The lowest BCUT2D eigenvalue weighted by molar-refractivity contribution is 0.415. The smallest absolute Gasteiger partial charge is 0.119 e. The molecule has 0 spiro atoms. The molecule has 0 aliphatic rings. The molecular formula is C13H19NO. The van der Waals surface area contributed by atoms with Gasteiger partial charge in [0.25, 0.3) is 0 Å². The molecule has 0 aliphatic carbocycles. The van der Waals surface area contributed by atoms with Crippen molar-refractivity contribution < 1.29 is 4.74 Å². The topological polar surface area (TPSA) is 21.3 Å². The summed E-state index contributed by atoms with van der Waals surface area (Å²) in [6, 6.07) is 8.36. The van der Waals surface area contributed by atoms with E-state index < -0.39 is 0 Å². The van der Waals surface area contributed by atoms with E-state index in [1.54, 1.807) is 7.11 Å². The van der Waals surface area contributed by atoms with Crippen molar-refractivity contribution in [1.29, 1.82) is 0 Å². The number of anilines is 1. The SMILES string of the molecule is C=C(C)CC(C)Nc1ccc(OC)cc1. The average Bonchev–Trinajstić information content (AvgIpc) is 2.17. The van der Waals surface area contributed by atoms with Gasteiger partial charge in [0, 0.05) is 11.7 Å². The first kappa shape index (κ1) is 11.6. The zero-order chi connectivity index (χ0) is 11.3. The number of hydrogen-bond acceptors (Lipinski definition) is 2. The van der Waals surface area contributed by atoms with Gasteiger partial charge in [-0.2, -0.15) is 0 Å². The van der Waals surface area contributed by atoms with E-state index in [0.29, 0.717) is 6.04 Å². The van der Waals surface area contributed by atoms with Crippen molar-refractivity contribution in [1.82, 2.24) is 0 Å². The third-order valence-corrected chi connectivity index (χ3v) is 2.16. The van der Waals surface area contributed by atoms with Crippen LogP contribution in [-0.2, 0) is 0 Å². The predicted molar refractivity (Wildman–Crippen MR) is 65.5 cm³/mol. The average molecular weight is 205 g/mol. The maximum absolute atomic E-state index is 5.10. The Morgan fingerprint density at radius 3 is 2.47 bits per heavy atom. The normalized spacial score (nSPS) is 11.9. The van der Waals surface area contributed by atoms with Crippen LogP contribution in [0, 0.1) is 0 Å². The van der Waals surface area contributed by atoms with Crippen LogP contribution in [0.25, 0.3) is 0 Å². The molecule has 1 unspecified atom stereocenters. The largest absolute Gasteiger partial charge is 0.497 e. The van der Waals surface area contributed by atoms with Crippen LogP contribution in [0.1, 0.15) is 20.3 Å². The summed E-state index contributed by atoms with van der Waals surface area (Å²) in [5, 5.41) is 3.41. The number of rotatable bonds is 5. The molecule has 15 heavy (non-hydrogen) atoms. The monoisotopic (exact) mass is 205 g/mol. The third-order valence-electron chi connectivity index (χ3n) is 2.16. The molecule has 82 valence electrons. The second kappa shape index (κ2) is 5.44. The molecule has 0 radical (unpaired) electrons. The third kappa shape index (κ3) is 4.07. The van der Waals surface area contributed by atoms with Gasteiger partial charge in [-0.1, -0.05) is 5.57 Å². The van der Waals surface area contributed by atoms with E-state index >= 15 is 0 Å². The zero-order valence-corrected chi connectivity index (χ0v) is 9.71. The van der Waals surface area contributed by atoms with Crippen molar-refractivity contribution in [3.63, 3.8) is 0 Å². The van der Waals surface area contributed by atoms with Gasteiger partial charge in [-0.25, -0.2) is 0 Å². The number of ether oxygens (including phenoxy) is 1. The lowest BCUT2D eigenvalue weighted by atomic mass is 10.1. The molecule has 0 fully saturated rings. The van der Waals surface area contributed by atoms with E-state index in [9.17, 15) is 0 Å². The maximum atomic E-state index is 5.10. The van der Waals surface area contributed by atoms with Crippen molar-refractivity contribution in [2.75, 3.05) is 12.4 Å². The Bertz CT molecular complexity index is 316. The fraction of sp³-hybridized carbons (Fsp3) is 0.385. The van der Waals surface area contributed by atoms with Gasteiger partial charge >= 0.3 is 0 Å². The van der Waals surface area contributed by atoms with Crippen LogP contribution >= 0.6 is 0 Å². The standard InChI is InChI=1S/C13H19NO/c1-10(2)9-11(3)14-12-5-7-13(15-4)8-6-12/h5-8,11,14H,1,9H2,2-4H3. The van der Waals surface area contributed by atoms with Crippen LogP contribution in [0.3, 0.4) is 0 Å². The second-order valence-electron chi connectivity index (χ2n) is 3.94. The zero-order valence-electron chi connectivity index (χ0n) is 9.71. The minimum Gasteiger partial charge on any atom is -0.497 e. The lowest BCUT2D eigenvalue weighted by Crippen LogP contribution is -2.14. The second-order valence-corrected chi connectivity index (χ2v) is 3.94. The van der Waals surface area contributed by atoms with E-state index in [4.69, 9.17) is 4.74 Å². The summed E-state index contributed by atoms with van der Waals surface area (Å²) in [6.07, 6.45) is 0.992. The molecule has 0 aliphatic heterocycles. The number of nitrogens with one attached hydrogen (secondary N) is 1. The Balaban J connectivity index is 2.53. The Morgan fingerprint density at radius 1 is 1.40 bits per heavy atom. The minimum absolute atomic E-state index is 0.413. The molecule has 2 nitrogen and oxygen atoms in total. The van der Waals surface area contributed by atoms with E-state index in [-0.39, 0.29) is 0 Å². The van der Waals surface area contributed by atoms with Crippen molar-refractivity contribution in [2.45, 2.75) is 26.3 Å². The van der Waals surface area contributed by atoms with Gasteiger partial charge < -0.3 is 10.1 Å². The molecule has 0 heterocycles. The first-order valence-electron chi connectivity index (χ1n) is 5.17. The summed E-state index contributed by atoms with van der Waals surface area (Å²) in [5.41, 5.74) is 2.31. The van der Waals surface area contributed by atoms with E-state index in [2.05, 4.69) is 18.8 Å². The van der Waals surface area contributed by atoms with Crippen LogP contribution in [-0.4, -0.2) is 13.2 Å². The Morgan fingerprint density at radius 2 is 2.00 bits per heavy atom.